The van der Waals surface area contributed by atoms with Crippen molar-refractivity contribution in [1.29, 1.82) is 0 Å². The molecule has 0 aliphatic rings. The maximum atomic E-state index is 12.4. The van der Waals surface area contributed by atoms with Crippen molar-refractivity contribution in [3.05, 3.63) is 65.2 Å². The molecule has 0 bridgehead atoms. The molecule has 0 saturated carbocycles. The summed E-state index contributed by atoms with van der Waals surface area (Å²) in [7, 11) is 1.75. The van der Waals surface area contributed by atoms with E-state index >= 15 is 0 Å². The van der Waals surface area contributed by atoms with E-state index in [-0.39, 0.29) is 5.91 Å². The number of hydrogen-bond acceptors (Lipinski definition) is 3. The highest BCUT2D eigenvalue weighted by Crippen LogP contribution is 2.14. The van der Waals surface area contributed by atoms with Gasteiger partial charge in [-0.05, 0) is 37.1 Å². The molecule has 0 fully saturated rings. The van der Waals surface area contributed by atoms with E-state index in [2.05, 4.69) is 0 Å². The summed E-state index contributed by atoms with van der Waals surface area (Å²) >= 11 is 0. The van der Waals surface area contributed by atoms with Gasteiger partial charge in [-0.1, -0.05) is 42.0 Å². The quantitative estimate of drug-likeness (QED) is 0.892. The number of carbonyl (C=O) groups excluding carboxylic acids is 1. The number of nitrogens with two attached hydrogens (primary N) is 1. The van der Waals surface area contributed by atoms with Crippen LogP contribution in [0, 0.1) is 13.8 Å². The van der Waals surface area contributed by atoms with Crippen LogP contribution in [0.5, 0.6) is 5.75 Å². The highest BCUT2D eigenvalue weighted by molar-refractivity contribution is 5.82. The molecule has 4 nitrogen and oxygen atoms in total. The van der Waals surface area contributed by atoms with Gasteiger partial charge in [-0.15, -0.1) is 0 Å². The molecule has 1 atom stereocenters. The van der Waals surface area contributed by atoms with Gasteiger partial charge in [0.15, 0.2) is 0 Å². The van der Waals surface area contributed by atoms with Gasteiger partial charge in [0.25, 0.3) is 0 Å². The van der Waals surface area contributed by atoms with Gasteiger partial charge in [0.2, 0.25) is 5.91 Å². The molecular weight excluding hydrogens is 288 g/mol. The molecule has 0 radical (unpaired) electrons. The lowest BCUT2D eigenvalue weighted by atomic mass is 10.1. The van der Waals surface area contributed by atoms with Crippen LogP contribution in [0.1, 0.15) is 22.7 Å². The Labute approximate surface area is 137 Å². The van der Waals surface area contributed by atoms with Crippen molar-refractivity contribution >= 4 is 5.91 Å². The molecule has 1 amide bonds. The Bertz CT molecular complexity index is 653. The molecule has 1 unspecified atom stereocenters. The van der Waals surface area contributed by atoms with E-state index in [9.17, 15) is 4.79 Å². The minimum atomic E-state index is -0.639. The normalized spacial score (nSPS) is 11.8. The summed E-state index contributed by atoms with van der Waals surface area (Å²) in [6, 6.07) is 14.9. The molecule has 0 heterocycles. The van der Waals surface area contributed by atoms with Gasteiger partial charge in [-0.3, -0.25) is 4.79 Å². The third-order valence-electron chi connectivity index (χ3n) is 3.76. The lowest BCUT2D eigenvalue weighted by molar-refractivity contribution is -0.131. The molecule has 122 valence electrons. The Hall–Kier alpha value is -2.33. The van der Waals surface area contributed by atoms with E-state index in [4.69, 9.17) is 10.5 Å². The standard InChI is InChI=1S/C19H24N2O2/c1-14-7-9-16(10-8-14)18(20)19(22)21(3)11-12-23-17-6-4-5-15(2)13-17/h4-10,13,18H,11-12,20H2,1-3H3. The molecule has 0 aromatic heterocycles. The smallest absolute Gasteiger partial charge is 0.243 e. The lowest BCUT2D eigenvalue weighted by Gasteiger charge is -2.21. The number of hydrogen-bond donors (Lipinski definition) is 1. The van der Waals surface area contributed by atoms with Crippen molar-refractivity contribution in [1.82, 2.24) is 4.90 Å². The highest BCUT2D eigenvalue weighted by Gasteiger charge is 2.19. The minimum Gasteiger partial charge on any atom is -0.492 e. The first kappa shape index (κ1) is 17.0. The van der Waals surface area contributed by atoms with E-state index in [1.165, 1.54) is 0 Å². The van der Waals surface area contributed by atoms with E-state index in [0.29, 0.717) is 13.2 Å². The SMILES string of the molecule is Cc1ccc(C(N)C(=O)N(C)CCOc2cccc(C)c2)cc1. The van der Waals surface area contributed by atoms with Gasteiger partial charge in [-0.2, -0.15) is 0 Å². The number of benzene rings is 2. The largest absolute Gasteiger partial charge is 0.492 e. The number of carbonyl (C=O) groups is 1. The zero-order valence-electron chi connectivity index (χ0n) is 14.0. The number of likely N-dealkylation sites (N-methyl/N-ethyl adjacent to an activating group) is 1. The van der Waals surface area contributed by atoms with Crippen molar-refractivity contribution in [3.8, 4) is 5.75 Å². The van der Waals surface area contributed by atoms with Crippen LogP contribution in [0.25, 0.3) is 0 Å². The predicted octanol–water partition coefficient (Wildman–Crippen LogP) is 2.84. The molecule has 0 saturated heterocycles. The molecule has 0 aliphatic carbocycles. The molecule has 4 heteroatoms. The molecule has 2 rings (SSSR count). The number of amides is 1. The van der Waals surface area contributed by atoms with Crippen LogP contribution in [0.3, 0.4) is 0 Å². The number of aryl methyl sites for hydroxylation is 2. The fraction of sp³-hybridized carbons (Fsp3) is 0.316. The van der Waals surface area contributed by atoms with Gasteiger partial charge in [0, 0.05) is 7.05 Å². The zero-order valence-corrected chi connectivity index (χ0v) is 14.0. The zero-order chi connectivity index (χ0) is 16.8. The molecule has 0 spiro atoms. The lowest BCUT2D eigenvalue weighted by Crippen LogP contribution is -2.38. The van der Waals surface area contributed by atoms with Gasteiger partial charge in [-0.25, -0.2) is 0 Å². The predicted molar refractivity (Wildman–Crippen MR) is 92.4 cm³/mol. The Morgan fingerprint density at radius 2 is 1.83 bits per heavy atom. The fourth-order valence-electron chi connectivity index (χ4n) is 2.27. The molecule has 2 aromatic carbocycles. The topological polar surface area (TPSA) is 55.6 Å². The summed E-state index contributed by atoms with van der Waals surface area (Å²) in [5.74, 6) is 0.704. The summed E-state index contributed by atoms with van der Waals surface area (Å²) in [4.78, 5) is 14.0. The van der Waals surface area contributed by atoms with Crippen molar-refractivity contribution < 1.29 is 9.53 Å². The molecular formula is C19H24N2O2. The van der Waals surface area contributed by atoms with Crippen molar-refractivity contribution in [3.63, 3.8) is 0 Å². The first-order valence-electron chi connectivity index (χ1n) is 7.74. The molecule has 2 aromatic rings. The van der Waals surface area contributed by atoms with Crippen LogP contribution in [-0.2, 0) is 4.79 Å². The summed E-state index contributed by atoms with van der Waals surface area (Å²) in [5, 5.41) is 0. The third-order valence-corrected chi connectivity index (χ3v) is 3.76. The summed E-state index contributed by atoms with van der Waals surface area (Å²) in [6.45, 7) is 4.95. The second kappa shape index (κ2) is 7.79. The average molecular weight is 312 g/mol. The van der Waals surface area contributed by atoms with Gasteiger partial charge in [0.05, 0.1) is 6.54 Å². The minimum absolute atomic E-state index is 0.110. The van der Waals surface area contributed by atoms with Crippen LogP contribution in [0.2, 0.25) is 0 Å². The van der Waals surface area contributed by atoms with Gasteiger partial charge < -0.3 is 15.4 Å². The van der Waals surface area contributed by atoms with Crippen LogP contribution in [0.15, 0.2) is 48.5 Å². The summed E-state index contributed by atoms with van der Waals surface area (Å²) in [5.41, 5.74) is 9.18. The number of rotatable bonds is 6. The van der Waals surface area contributed by atoms with Crippen LogP contribution < -0.4 is 10.5 Å². The monoisotopic (exact) mass is 312 g/mol. The molecule has 2 N–H and O–H groups in total. The summed E-state index contributed by atoms with van der Waals surface area (Å²) < 4.78 is 5.67. The van der Waals surface area contributed by atoms with Gasteiger partial charge in [0.1, 0.15) is 18.4 Å². The Morgan fingerprint density at radius 3 is 2.48 bits per heavy atom. The Morgan fingerprint density at radius 1 is 1.13 bits per heavy atom. The maximum absolute atomic E-state index is 12.4. The van der Waals surface area contributed by atoms with Crippen molar-refractivity contribution in [2.24, 2.45) is 5.73 Å². The highest BCUT2D eigenvalue weighted by atomic mass is 16.5. The third kappa shape index (κ3) is 4.83. The van der Waals surface area contributed by atoms with Crippen molar-refractivity contribution in [2.75, 3.05) is 20.2 Å². The van der Waals surface area contributed by atoms with Gasteiger partial charge >= 0.3 is 0 Å². The first-order chi connectivity index (χ1) is 11.0. The van der Waals surface area contributed by atoms with Crippen LogP contribution >= 0.6 is 0 Å². The Balaban J connectivity index is 1.86. The number of ether oxygens (including phenoxy) is 1. The second-order valence-corrected chi connectivity index (χ2v) is 5.81. The van der Waals surface area contributed by atoms with E-state index in [1.807, 2.05) is 62.4 Å². The second-order valence-electron chi connectivity index (χ2n) is 5.81. The molecule has 0 aliphatic heterocycles. The van der Waals surface area contributed by atoms with Crippen molar-refractivity contribution in [2.45, 2.75) is 19.9 Å². The van der Waals surface area contributed by atoms with E-state index < -0.39 is 6.04 Å². The summed E-state index contributed by atoms with van der Waals surface area (Å²) in [6.07, 6.45) is 0. The molecule has 23 heavy (non-hydrogen) atoms. The number of nitrogens with zero attached hydrogens (tertiary/aromatic N) is 1. The van der Waals surface area contributed by atoms with Crippen LogP contribution in [0.4, 0.5) is 0 Å². The van der Waals surface area contributed by atoms with E-state index in [1.54, 1.807) is 11.9 Å². The Kier molecular flexibility index (Phi) is 5.77. The maximum Gasteiger partial charge on any atom is 0.243 e. The average Bonchev–Trinajstić information content (AvgIpc) is 2.54. The van der Waals surface area contributed by atoms with Crippen LogP contribution in [-0.4, -0.2) is 31.0 Å². The first-order valence-corrected chi connectivity index (χ1v) is 7.74. The fourth-order valence-corrected chi connectivity index (χ4v) is 2.27. The van der Waals surface area contributed by atoms with E-state index in [0.717, 1.165) is 22.4 Å².